The topological polar surface area (TPSA) is 34.1 Å². The zero-order valence-electron chi connectivity index (χ0n) is 11.9. The molecule has 22 heavy (non-hydrogen) atoms. The summed E-state index contributed by atoms with van der Waals surface area (Å²) in [5.41, 5.74) is 1.12. The van der Waals surface area contributed by atoms with Crippen LogP contribution in [0.2, 0.25) is 0 Å². The summed E-state index contributed by atoms with van der Waals surface area (Å²) in [5.74, 6) is 0.0321. The second-order valence-corrected chi connectivity index (χ2v) is 5.21. The average molecular weight is 308 g/mol. The van der Waals surface area contributed by atoms with Crippen molar-refractivity contribution in [1.29, 1.82) is 0 Å². The second kappa shape index (κ2) is 5.61. The van der Waals surface area contributed by atoms with Gasteiger partial charge in [-0.3, -0.25) is 0 Å². The summed E-state index contributed by atoms with van der Waals surface area (Å²) in [7, 11) is 0. The lowest BCUT2D eigenvalue weighted by Gasteiger charge is -2.25. The standard InChI is InChI=1S/C16H15F3N2O/c1-10-11-4-2-6-14(12(11)7-9-20-10)22-15-13(16(17,18)19)5-3-8-21-15/h2-6,8,10,20H,7,9H2,1H3. The fraction of sp³-hybridized carbons (Fsp3) is 0.312. The van der Waals surface area contributed by atoms with Gasteiger partial charge in [-0.25, -0.2) is 4.98 Å². The van der Waals surface area contributed by atoms with Crippen LogP contribution in [-0.4, -0.2) is 11.5 Å². The molecule has 0 amide bonds. The van der Waals surface area contributed by atoms with Gasteiger partial charge >= 0.3 is 6.18 Å². The highest BCUT2D eigenvalue weighted by molar-refractivity contribution is 5.45. The third-order valence-corrected chi connectivity index (χ3v) is 3.74. The largest absolute Gasteiger partial charge is 0.438 e. The number of benzene rings is 1. The molecule has 1 aromatic heterocycles. The highest BCUT2D eigenvalue weighted by Crippen LogP contribution is 2.38. The highest BCUT2D eigenvalue weighted by atomic mass is 19.4. The lowest BCUT2D eigenvalue weighted by molar-refractivity contribution is -0.138. The summed E-state index contributed by atoms with van der Waals surface area (Å²) in [5, 5.41) is 3.31. The second-order valence-electron chi connectivity index (χ2n) is 5.21. The van der Waals surface area contributed by atoms with Crippen LogP contribution in [0.25, 0.3) is 0 Å². The van der Waals surface area contributed by atoms with E-state index in [2.05, 4.69) is 10.3 Å². The van der Waals surface area contributed by atoms with Crippen LogP contribution in [0.3, 0.4) is 0 Å². The highest BCUT2D eigenvalue weighted by Gasteiger charge is 2.35. The van der Waals surface area contributed by atoms with E-state index in [1.807, 2.05) is 13.0 Å². The molecule has 0 fully saturated rings. The van der Waals surface area contributed by atoms with E-state index in [0.29, 0.717) is 12.2 Å². The lowest BCUT2D eigenvalue weighted by atomic mass is 9.94. The SMILES string of the molecule is CC1NCCc2c(Oc3ncccc3C(F)(F)F)cccc21. The first-order valence-electron chi connectivity index (χ1n) is 7.02. The summed E-state index contributed by atoms with van der Waals surface area (Å²) >= 11 is 0. The van der Waals surface area contributed by atoms with Gasteiger partial charge in [0.2, 0.25) is 5.88 Å². The third kappa shape index (κ3) is 2.78. The van der Waals surface area contributed by atoms with Crippen molar-refractivity contribution in [2.75, 3.05) is 6.54 Å². The Morgan fingerprint density at radius 3 is 2.82 bits per heavy atom. The summed E-state index contributed by atoms with van der Waals surface area (Å²) in [4.78, 5) is 3.75. The predicted molar refractivity (Wildman–Crippen MR) is 75.9 cm³/mol. The van der Waals surface area contributed by atoms with Crippen molar-refractivity contribution in [2.45, 2.75) is 25.6 Å². The Kier molecular flexibility index (Phi) is 3.78. The van der Waals surface area contributed by atoms with Gasteiger partial charge in [-0.2, -0.15) is 13.2 Å². The lowest BCUT2D eigenvalue weighted by Crippen LogP contribution is -2.28. The van der Waals surface area contributed by atoms with Gasteiger partial charge in [-0.05, 0) is 43.7 Å². The smallest absolute Gasteiger partial charge is 0.421 e. The van der Waals surface area contributed by atoms with Gasteiger partial charge in [0.1, 0.15) is 11.3 Å². The Morgan fingerprint density at radius 2 is 2.05 bits per heavy atom. The van der Waals surface area contributed by atoms with E-state index in [-0.39, 0.29) is 6.04 Å². The van der Waals surface area contributed by atoms with Crippen LogP contribution >= 0.6 is 0 Å². The molecule has 0 spiro atoms. The fourth-order valence-corrected chi connectivity index (χ4v) is 2.67. The van der Waals surface area contributed by atoms with E-state index in [9.17, 15) is 13.2 Å². The molecule has 0 radical (unpaired) electrons. The zero-order valence-corrected chi connectivity index (χ0v) is 11.9. The van der Waals surface area contributed by atoms with E-state index < -0.39 is 17.6 Å². The number of nitrogens with one attached hydrogen (secondary N) is 1. The number of aromatic nitrogens is 1. The Labute approximate surface area is 126 Å². The van der Waals surface area contributed by atoms with Crippen molar-refractivity contribution in [3.8, 4) is 11.6 Å². The number of pyridine rings is 1. The van der Waals surface area contributed by atoms with Crippen molar-refractivity contribution in [1.82, 2.24) is 10.3 Å². The maximum Gasteiger partial charge on any atom is 0.421 e. The molecule has 2 heterocycles. The van der Waals surface area contributed by atoms with Crippen LogP contribution in [0, 0.1) is 0 Å². The van der Waals surface area contributed by atoms with Crippen molar-refractivity contribution in [3.63, 3.8) is 0 Å². The van der Waals surface area contributed by atoms with Crippen LogP contribution in [0.4, 0.5) is 13.2 Å². The molecule has 0 aliphatic carbocycles. The maximum atomic E-state index is 13.0. The molecule has 0 saturated carbocycles. The van der Waals surface area contributed by atoms with Gasteiger partial charge in [-0.1, -0.05) is 12.1 Å². The number of alkyl halides is 3. The van der Waals surface area contributed by atoms with Gasteiger partial charge in [0.15, 0.2) is 0 Å². The molecule has 1 aliphatic heterocycles. The number of nitrogens with zero attached hydrogens (tertiary/aromatic N) is 1. The number of rotatable bonds is 2. The Bertz CT molecular complexity index is 685. The summed E-state index contributed by atoms with van der Waals surface area (Å²) in [6.07, 6.45) is -2.48. The van der Waals surface area contributed by atoms with Crippen LogP contribution in [0.5, 0.6) is 11.6 Å². The Balaban J connectivity index is 2.00. The normalized spacial score (nSPS) is 17.9. The number of ether oxygens (including phenoxy) is 1. The van der Waals surface area contributed by atoms with Crippen LogP contribution in [0.1, 0.15) is 29.7 Å². The maximum absolute atomic E-state index is 13.0. The van der Waals surface area contributed by atoms with E-state index in [0.717, 1.165) is 23.7 Å². The van der Waals surface area contributed by atoms with E-state index in [1.165, 1.54) is 12.3 Å². The first-order chi connectivity index (χ1) is 10.5. The minimum Gasteiger partial charge on any atom is -0.438 e. The molecule has 0 bridgehead atoms. The van der Waals surface area contributed by atoms with Crippen LogP contribution < -0.4 is 10.1 Å². The number of halogens is 3. The van der Waals surface area contributed by atoms with E-state index in [1.54, 1.807) is 12.1 Å². The number of hydrogen-bond acceptors (Lipinski definition) is 3. The van der Waals surface area contributed by atoms with E-state index >= 15 is 0 Å². The predicted octanol–water partition coefficient (Wildman–Crippen LogP) is 4.10. The fourth-order valence-electron chi connectivity index (χ4n) is 2.67. The molecule has 1 unspecified atom stereocenters. The summed E-state index contributed by atoms with van der Waals surface area (Å²) < 4.78 is 44.6. The van der Waals surface area contributed by atoms with Crippen molar-refractivity contribution >= 4 is 0 Å². The van der Waals surface area contributed by atoms with Gasteiger partial charge in [0, 0.05) is 17.8 Å². The molecule has 1 aliphatic rings. The quantitative estimate of drug-likeness (QED) is 0.907. The molecule has 0 saturated heterocycles. The zero-order chi connectivity index (χ0) is 15.7. The van der Waals surface area contributed by atoms with Crippen molar-refractivity contribution in [3.05, 3.63) is 53.2 Å². The van der Waals surface area contributed by atoms with Crippen molar-refractivity contribution < 1.29 is 17.9 Å². The monoisotopic (exact) mass is 308 g/mol. The molecular weight excluding hydrogens is 293 g/mol. The minimum absolute atomic E-state index is 0.151. The molecule has 3 nitrogen and oxygen atoms in total. The summed E-state index contributed by atoms with van der Waals surface area (Å²) in [6.45, 7) is 2.78. The molecule has 2 aromatic rings. The molecule has 1 aromatic carbocycles. The first-order valence-corrected chi connectivity index (χ1v) is 7.02. The molecule has 116 valence electrons. The first kappa shape index (κ1) is 14.8. The van der Waals surface area contributed by atoms with Gasteiger partial charge in [-0.15, -0.1) is 0 Å². The summed E-state index contributed by atoms with van der Waals surface area (Å²) in [6, 6.07) is 7.81. The molecule has 3 rings (SSSR count). The number of hydrogen-bond donors (Lipinski definition) is 1. The van der Waals surface area contributed by atoms with Gasteiger partial charge in [0.25, 0.3) is 0 Å². The molecule has 6 heteroatoms. The molecule has 1 N–H and O–H groups in total. The number of fused-ring (bicyclic) bond motifs is 1. The molecular formula is C16H15F3N2O. The van der Waals surface area contributed by atoms with Crippen molar-refractivity contribution in [2.24, 2.45) is 0 Å². The van der Waals surface area contributed by atoms with Gasteiger partial charge in [0.05, 0.1) is 0 Å². The van der Waals surface area contributed by atoms with Gasteiger partial charge < -0.3 is 10.1 Å². The Hall–Kier alpha value is -2.08. The van der Waals surface area contributed by atoms with E-state index in [4.69, 9.17) is 4.74 Å². The minimum atomic E-state index is -4.49. The van der Waals surface area contributed by atoms with Crippen LogP contribution in [-0.2, 0) is 12.6 Å². The third-order valence-electron chi connectivity index (χ3n) is 3.74. The average Bonchev–Trinajstić information content (AvgIpc) is 2.48. The Morgan fingerprint density at radius 1 is 1.23 bits per heavy atom. The van der Waals surface area contributed by atoms with Crippen LogP contribution in [0.15, 0.2) is 36.5 Å². The molecule has 1 atom stereocenters.